The number of para-hydroxylation sites is 2. The number of aromatic hydroxyl groups is 1. The Balaban J connectivity index is 0.00000306. The van der Waals surface area contributed by atoms with Gasteiger partial charge >= 0.3 is 0 Å². The highest BCUT2D eigenvalue weighted by atomic mass is 127. The Hall–Kier alpha value is -3.01. The number of nitrogens with one attached hydrogen (secondary N) is 1. The minimum absolute atomic E-state index is 0. The van der Waals surface area contributed by atoms with Gasteiger partial charge in [-0.3, -0.25) is 4.99 Å². The van der Waals surface area contributed by atoms with Gasteiger partial charge in [-0.15, -0.1) is 24.0 Å². The van der Waals surface area contributed by atoms with Gasteiger partial charge in [0.1, 0.15) is 12.4 Å². The number of rotatable bonds is 6. The van der Waals surface area contributed by atoms with Crippen molar-refractivity contribution >= 4 is 35.6 Å². The SMILES string of the molecule is CN=C(NCc1ccnc(OCc2ccccc2)c1)N1CCN(c2ccccc2O)CC1.I. The quantitative estimate of drug-likeness (QED) is 0.272. The van der Waals surface area contributed by atoms with Crippen LogP contribution in [0.5, 0.6) is 11.6 Å². The maximum atomic E-state index is 10.1. The van der Waals surface area contributed by atoms with Crippen molar-refractivity contribution in [2.45, 2.75) is 13.2 Å². The molecule has 2 aromatic carbocycles. The molecule has 2 N–H and O–H groups in total. The van der Waals surface area contributed by atoms with E-state index in [0.717, 1.165) is 49.0 Å². The molecule has 0 saturated carbocycles. The standard InChI is InChI=1S/C25H29N5O2.HI/c1-26-25(30-15-13-29(14-16-30)22-9-5-6-10-23(22)31)28-18-21-11-12-27-24(17-21)32-19-20-7-3-2-4-8-20;/h2-12,17,31H,13-16,18-19H2,1H3,(H,26,28);1H. The fourth-order valence-corrected chi connectivity index (χ4v) is 3.77. The molecular weight excluding hydrogens is 529 g/mol. The van der Waals surface area contributed by atoms with Crippen LogP contribution in [0.4, 0.5) is 5.69 Å². The lowest BCUT2D eigenvalue weighted by atomic mass is 10.2. The Bertz CT molecular complexity index is 1040. The molecular formula is C25H30IN5O2. The smallest absolute Gasteiger partial charge is 0.213 e. The van der Waals surface area contributed by atoms with Crippen molar-refractivity contribution in [3.05, 3.63) is 84.1 Å². The lowest BCUT2D eigenvalue weighted by Crippen LogP contribution is -2.52. The van der Waals surface area contributed by atoms with Crippen molar-refractivity contribution in [2.75, 3.05) is 38.1 Å². The molecule has 0 spiro atoms. The number of aliphatic imine (C=N–C) groups is 1. The summed E-state index contributed by atoms with van der Waals surface area (Å²) in [4.78, 5) is 13.2. The maximum absolute atomic E-state index is 10.1. The number of guanidine groups is 1. The lowest BCUT2D eigenvalue weighted by Gasteiger charge is -2.37. The number of phenols is 1. The fourth-order valence-electron chi connectivity index (χ4n) is 3.77. The topological polar surface area (TPSA) is 73.2 Å². The first kappa shape index (κ1) is 24.6. The zero-order valence-corrected chi connectivity index (χ0v) is 21.1. The van der Waals surface area contributed by atoms with Crippen LogP contribution < -0.4 is 15.0 Å². The number of hydrogen-bond acceptors (Lipinski definition) is 5. The predicted molar refractivity (Wildman–Crippen MR) is 143 cm³/mol. The molecule has 8 heteroatoms. The molecule has 0 aliphatic carbocycles. The van der Waals surface area contributed by atoms with E-state index in [4.69, 9.17) is 4.74 Å². The van der Waals surface area contributed by atoms with Crippen LogP contribution in [0.25, 0.3) is 0 Å². The Kier molecular flexibility index (Phi) is 9.17. The van der Waals surface area contributed by atoms with Crippen LogP contribution in [-0.2, 0) is 13.2 Å². The number of piperazine rings is 1. The molecule has 1 fully saturated rings. The monoisotopic (exact) mass is 559 g/mol. The number of ether oxygens (including phenoxy) is 1. The third-order valence-electron chi connectivity index (χ3n) is 5.49. The van der Waals surface area contributed by atoms with Crippen LogP contribution >= 0.6 is 24.0 Å². The molecule has 4 rings (SSSR count). The molecule has 0 radical (unpaired) electrons. The van der Waals surface area contributed by atoms with Crippen LogP contribution in [0.2, 0.25) is 0 Å². The minimum atomic E-state index is 0. The first-order chi connectivity index (χ1) is 15.7. The van der Waals surface area contributed by atoms with Gasteiger partial charge in [-0.1, -0.05) is 42.5 Å². The van der Waals surface area contributed by atoms with Crippen molar-refractivity contribution in [3.8, 4) is 11.6 Å². The van der Waals surface area contributed by atoms with Crippen LogP contribution in [0.1, 0.15) is 11.1 Å². The molecule has 0 unspecified atom stereocenters. The summed E-state index contributed by atoms with van der Waals surface area (Å²) in [6.07, 6.45) is 1.77. The van der Waals surface area contributed by atoms with Gasteiger partial charge in [-0.25, -0.2) is 4.98 Å². The van der Waals surface area contributed by atoms with E-state index in [9.17, 15) is 5.11 Å². The molecule has 33 heavy (non-hydrogen) atoms. The Morgan fingerprint density at radius 3 is 2.45 bits per heavy atom. The van der Waals surface area contributed by atoms with Gasteiger partial charge in [0, 0.05) is 52.0 Å². The van der Waals surface area contributed by atoms with Gasteiger partial charge in [0.15, 0.2) is 5.96 Å². The van der Waals surface area contributed by atoms with Crippen molar-refractivity contribution in [2.24, 2.45) is 4.99 Å². The normalized spacial score (nSPS) is 13.9. The van der Waals surface area contributed by atoms with E-state index in [-0.39, 0.29) is 24.0 Å². The number of halogens is 1. The third kappa shape index (κ3) is 6.74. The zero-order chi connectivity index (χ0) is 22.2. The van der Waals surface area contributed by atoms with Crippen LogP contribution in [0, 0.1) is 0 Å². The molecule has 2 heterocycles. The lowest BCUT2D eigenvalue weighted by molar-refractivity contribution is 0.293. The Morgan fingerprint density at radius 2 is 1.73 bits per heavy atom. The summed E-state index contributed by atoms with van der Waals surface area (Å²) in [6.45, 7) is 4.44. The van der Waals surface area contributed by atoms with Crippen molar-refractivity contribution in [1.82, 2.24) is 15.2 Å². The molecule has 1 aliphatic rings. The Labute approximate surface area is 212 Å². The molecule has 174 valence electrons. The maximum Gasteiger partial charge on any atom is 0.213 e. The summed E-state index contributed by atoms with van der Waals surface area (Å²) in [5, 5.41) is 13.6. The van der Waals surface area contributed by atoms with Crippen LogP contribution in [-0.4, -0.2) is 54.2 Å². The summed E-state index contributed by atoms with van der Waals surface area (Å²) in [5.74, 6) is 1.80. The molecule has 7 nitrogen and oxygen atoms in total. The molecule has 0 amide bonds. The van der Waals surface area contributed by atoms with E-state index < -0.39 is 0 Å². The largest absolute Gasteiger partial charge is 0.506 e. The molecule has 1 aromatic heterocycles. The number of anilines is 1. The van der Waals surface area contributed by atoms with Gasteiger partial charge in [-0.05, 0) is 29.3 Å². The summed E-state index contributed by atoms with van der Waals surface area (Å²) >= 11 is 0. The highest BCUT2D eigenvalue weighted by molar-refractivity contribution is 14.0. The average Bonchev–Trinajstić information content (AvgIpc) is 2.85. The summed E-state index contributed by atoms with van der Waals surface area (Å²) in [5.41, 5.74) is 3.08. The van der Waals surface area contributed by atoms with Crippen molar-refractivity contribution in [3.63, 3.8) is 0 Å². The summed E-state index contributed by atoms with van der Waals surface area (Å²) in [7, 11) is 1.80. The fraction of sp³-hybridized carbons (Fsp3) is 0.280. The number of benzene rings is 2. The number of pyridine rings is 1. The highest BCUT2D eigenvalue weighted by Gasteiger charge is 2.21. The summed E-state index contributed by atoms with van der Waals surface area (Å²) in [6, 6.07) is 21.5. The van der Waals surface area contributed by atoms with Gasteiger partial charge in [0.05, 0.1) is 5.69 Å². The van der Waals surface area contributed by atoms with E-state index in [1.165, 1.54) is 0 Å². The van der Waals surface area contributed by atoms with E-state index in [1.54, 1.807) is 19.3 Å². The van der Waals surface area contributed by atoms with Gasteiger partial charge in [-0.2, -0.15) is 0 Å². The Morgan fingerprint density at radius 1 is 1.00 bits per heavy atom. The van der Waals surface area contributed by atoms with Gasteiger partial charge < -0.3 is 25.0 Å². The van der Waals surface area contributed by atoms with E-state index >= 15 is 0 Å². The second-order valence-electron chi connectivity index (χ2n) is 7.64. The number of phenolic OH excluding ortho intramolecular Hbond substituents is 1. The van der Waals surface area contributed by atoms with Gasteiger partial charge in [0.2, 0.25) is 5.88 Å². The van der Waals surface area contributed by atoms with E-state index in [1.807, 2.05) is 60.7 Å². The second kappa shape index (κ2) is 12.3. The second-order valence-corrected chi connectivity index (χ2v) is 7.64. The molecule has 1 aliphatic heterocycles. The number of nitrogens with zero attached hydrogens (tertiary/aromatic N) is 4. The number of hydrogen-bond donors (Lipinski definition) is 2. The van der Waals surface area contributed by atoms with Crippen molar-refractivity contribution in [1.29, 1.82) is 0 Å². The van der Waals surface area contributed by atoms with E-state index in [2.05, 4.69) is 25.1 Å². The van der Waals surface area contributed by atoms with Gasteiger partial charge in [0.25, 0.3) is 0 Å². The average molecular weight is 559 g/mol. The van der Waals surface area contributed by atoms with Crippen LogP contribution in [0.3, 0.4) is 0 Å². The third-order valence-corrected chi connectivity index (χ3v) is 5.49. The molecule has 0 atom stereocenters. The first-order valence-electron chi connectivity index (χ1n) is 10.8. The molecule has 0 bridgehead atoms. The molecule has 3 aromatic rings. The first-order valence-corrected chi connectivity index (χ1v) is 10.8. The minimum Gasteiger partial charge on any atom is -0.506 e. The molecule has 1 saturated heterocycles. The zero-order valence-electron chi connectivity index (χ0n) is 18.7. The van der Waals surface area contributed by atoms with E-state index in [0.29, 0.717) is 24.8 Å². The highest BCUT2D eigenvalue weighted by Crippen LogP contribution is 2.27. The predicted octanol–water partition coefficient (Wildman–Crippen LogP) is 3.88. The summed E-state index contributed by atoms with van der Waals surface area (Å²) < 4.78 is 5.84. The van der Waals surface area contributed by atoms with Crippen LogP contribution in [0.15, 0.2) is 77.9 Å². The number of aromatic nitrogens is 1. The van der Waals surface area contributed by atoms with Crippen molar-refractivity contribution < 1.29 is 9.84 Å².